The topological polar surface area (TPSA) is 152 Å². The van der Waals surface area contributed by atoms with Crippen LogP contribution >= 0.6 is 0 Å². The second-order valence-electron chi connectivity index (χ2n) is 10.9. The van der Waals surface area contributed by atoms with E-state index in [1.807, 2.05) is 6.07 Å². The Kier molecular flexibility index (Phi) is 9.08. The zero-order valence-electron chi connectivity index (χ0n) is 23.7. The minimum absolute atomic E-state index is 0.0392. The number of rotatable bonds is 13. The average molecular weight is 586 g/mol. The number of H-pyrrole nitrogens is 1. The van der Waals surface area contributed by atoms with Crippen LogP contribution < -0.4 is 15.6 Å². The molecule has 224 valence electrons. The number of carbonyl (C=O) groups is 2. The molecule has 43 heavy (non-hydrogen) atoms. The number of pyridine rings is 1. The third-order valence-electron chi connectivity index (χ3n) is 7.92. The van der Waals surface area contributed by atoms with Crippen molar-refractivity contribution < 1.29 is 29.6 Å². The minimum atomic E-state index is -1.07. The number of aliphatic hydroxyl groups excluding tert-OH is 1. The van der Waals surface area contributed by atoms with Crippen LogP contribution in [0.4, 0.5) is 0 Å². The van der Waals surface area contributed by atoms with Crippen molar-refractivity contribution in [2.75, 3.05) is 32.8 Å². The van der Waals surface area contributed by atoms with Crippen LogP contribution in [0.2, 0.25) is 0 Å². The molecule has 1 fully saturated rings. The lowest BCUT2D eigenvalue weighted by atomic mass is 9.73. The molecule has 0 aliphatic carbocycles. The molecule has 1 aliphatic rings. The summed E-state index contributed by atoms with van der Waals surface area (Å²) in [5.74, 6) is -0.511. The number of hydrogen-bond donors (Lipinski definition) is 5. The summed E-state index contributed by atoms with van der Waals surface area (Å²) in [5.41, 5.74) is 0.738. The molecule has 10 heteroatoms. The predicted octanol–water partition coefficient (Wildman–Crippen LogP) is 3.58. The summed E-state index contributed by atoms with van der Waals surface area (Å²) in [4.78, 5) is 40.7. The van der Waals surface area contributed by atoms with Gasteiger partial charge in [-0.15, -0.1) is 0 Å². The van der Waals surface area contributed by atoms with E-state index < -0.39 is 17.5 Å². The van der Waals surface area contributed by atoms with Crippen molar-refractivity contribution in [2.24, 2.45) is 0 Å². The molecule has 4 aromatic rings. The fraction of sp³-hybridized carbons (Fsp3) is 0.303. The zero-order valence-corrected chi connectivity index (χ0v) is 23.7. The van der Waals surface area contributed by atoms with E-state index in [0.717, 1.165) is 19.3 Å². The number of nitrogens with one attached hydrogen (secondary N) is 2. The number of carboxylic acids is 1. The highest BCUT2D eigenvalue weighted by atomic mass is 16.5. The highest BCUT2D eigenvalue weighted by Gasteiger charge is 2.52. The molecule has 1 unspecified atom stereocenters. The van der Waals surface area contributed by atoms with E-state index >= 15 is 0 Å². The third kappa shape index (κ3) is 6.55. The lowest BCUT2D eigenvalue weighted by Gasteiger charge is -2.47. The number of ether oxygens (including phenoxy) is 1. The fourth-order valence-corrected chi connectivity index (χ4v) is 5.44. The molecule has 5 N–H and O–H groups in total. The summed E-state index contributed by atoms with van der Waals surface area (Å²) in [6, 6.07) is 22.0. The number of amides is 1. The van der Waals surface area contributed by atoms with E-state index in [1.165, 1.54) is 12.1 Å². The SMILES string of the molecule is O=C(c1ccc(OCCCCCNCC(O)c2ccc(O)c3[nH]c(=O)ccc23)cc1)N1CC(C(=O)O)(c2ccccc2)C1. The summed E-state index contributed by atoms with van der Waals surface area (Å²) in [5, 5.41) is 34.3. The number of likely N-dealkylation sites (tertiary alicyclic amines) is 1. The maximum Gasteiger partial charge on any atom is 0.317 e. The van der Waals surface area contributed by atoms with Crippen LogP contribution in [0.3, 0.4) is 0 Å². The van der Waals surface area contributed by atoms with Crippen LogP contribution in [0, 0.1) is 0 Å². The summed E-state index contributed by atoms with van der Waals surface area (Å²) in [7, 11) is 0. The molecular weight excluding hydrogens is 550 g/mol. The maximum absolute atomic E-state index is 12.9. The van der Waals surface area contributed by atoms with Gasteiger partial charge in [0.05, 0.1) is 18.2 Å². The van der Waals surface area contributed by atoms with Gasteiger partial charge in [0.2, 0.25) is 5.56 Å². The largest absolute Gasteiger partial charge is 0.506 e. The Morgan fingerprint density at radius 1 is 0.953 bits per heavy atom. The molecule has 2 heterocycles. The van der Waals surface area contributed by atoms with E-state index in [0.29, 0.717) is 53.0 Å². The van der Waals surface area contributed by atoms with Crippen LogP contribution in [0.5, 0.6) is 11.5 Å². The van der Waals surface area contributed by atoms with Gasteiger partial charge in [-0.25, -0.2) is 0 Å². The molecule has 5 rings (SSSR count). The van der Waals surface area contributed by atoms with Gasteiger partial charge in [0.1, 0.15) is 16.9 Å². The predicted molar refractivity (Wildman–Crippen MR) is 162 cm³/mol. The lowest BCUT2D eigenvalue weighted by molar-refractivity contribution is -0.149. The monoisotopic (exact) mass is 585 g/mol. The molecular formula is C33H35N3O7. The van der Waals surface area contributed by atoms with Crippen molar-refractivity contribution in [1.82, 2.24) is 15.2 Å². The summed E-state index contributed by atoms with van der Waals surface area (Å²) < 4.78 is 5.82. The second kappa shape index (κ2) is 13.1. The Morgan fingerprint density at radius 3 is 2.42 bits per heavy atom. The molecule has 0 spiro atoms. The summed E-state index contributed by atoms with van der Waals surface area (Å²) in [6.45, 7) is 1.84. The normalized spacial score (nSPS) is 14.7. The quantitative estimate of drug-likeness (QED) is 0.149. The van der Waals surface area contributed by atoms with Gasteiger partial charge in [-0.3, -0.25) is 14.4 Å². The highest BCUT2D eigenvalue weighted by Crippen LogP contribution is 2.36. The van der Waals surface area contributed by atoms with Crippen LogP contribution in [-0.2, 0) is 10.2 Å². The van der Waals surface area contributed by atoms with E-state index in [1.54, 1.807) is 65.6 Å². The Labute approximate surface area is 248 Å². The first-order chi connectivity index (χ1) is 20.8. The number of nitrogens with zero attached hydrogens (tertiary/aromatic N) is 1. The number of fused-ring (bicyclic) bond motifs is 1. The summed E-state index contributed by atoms with van der Waals surface area (Å²) in [6.07, 6.45) is 1.86. The maximum atomic E-state index is 12.9. The fourth-order valence-electron chi connectivity index (χ4n) is 5.44. The molecule has 0 bridgehead atoms. The Balaban J connectivity index is 0.995. The van der Waals surface area contributed by atoms with Crippen molar-refractivity contribution >= 4 is 22.8 Å². The number of carboxylic acid groups (broad SMARTS) is 1. The number of aliphatic hydroxyl groups is 1. The van der Waals surface area contributed by atoms with Gasteiger partial charge in [-0.1, -0.05) is 36.4 Å². The smallest absolute Gasteiger partial charge is 0.317 e. The standard InChI is InChI=1S/C33H35N3O7/c37-27-15-13-25(26-14-16-29(39)35-30(26)27)28(38)19-34-17-5-2-6-18-43-24-11-9-22(10-12-24)31(40)36-20-33(21-36,32(41)42)23-7-3-1-4-8-23/h1,3-4,7-16,28,34,37-38H,2,5-6,17-21H2,(H,35,39)(H,41,42). The van der Waals surface area contributed by atoms with E-state index in [2.05, 4.69) is 10.3 Å². The summed E-state index contributed by atoms with van der Waals surface area (Å²) >= 11 is 0. The van der Waals surface area contributed by atoms with E-state index in [4.69, 9.17) is 4.74 Å². The number of phenols is 1. The lowest BCUT2D eigenvalue weighted by Crippen LogP contribution is -2.65. The van der Waals surface area contributed by atoms with Crippen molar-refractivity contribution in [1.29, 1.82) is 0 Å². The van der Waals surface area contributed by atoms with Gasteiger partial charge in [0.15, 0.2) is 0 Å². The first kappa shape index (κ1) is 29.8. The zero-order chi connectivity index (χ0) is 30.4. The van der Waals surface area contributed by atoms with Crippen molar-refractivity contribution in [2.45, 2.75) is 30.8 Å². The molecule has 3 aromatic carbocycles. The number of aromatic hydroxyl groups is 1. The number of aromatic nitrogens is 1. The van der Waals surface area contributed by atoms with Gasteiger partial charge < -0.3 is 35.3 Å². The number of phenolic OH excluding ortho intramolecular Hbond substituents is 1. The molecule has 1 saturated heterocycles. The number of carbonyl (C=O) groups excluding carboxylic acids is 1. The van der Waals surface area contributed by atoms with Crippen molar-refractivity contribution in [3.05, 3.63) is 106 Å². The molecule has 1 amide bonds. The van der Waals surface area contributed by atoms with Crippen molar-refractivity contribution in [3.8, 4) is 11.5 Å². The second-order valence-corrected chi connectivity index (χ2v) is 10.9. The van der Waals surface area contributed by atoms with Gasteiger partial charge >= 0.3 is 5.97 Å². The van der Waals surface area contributed by atoms with Gasteiger partial charge in [-0.2, -0.15) is 0 Å². The van der Waals surface area contributed by atoms with Crippen LogP contribution in [0.25, 0.3) is 10.9 Å². The van der Waals surface area contributed by atoms with Gasteiger partial charge in [0.25, 0.3) is 5.91 Å². The Hall–Kier alpha value is -4.67. The third-order valence-corrected chi connectivity index (χ3v) is 7.92. The molecule has 1 atom stereocenters. The van der Waals surface area contributed by atoms with E-state index in [-0.39, 0.29) is 30.3 Å². The number of benzene rings is 3. The van der Waals surface area contributed by atoms with E-state index in [9.17, 15) is 29.7 Å². The Bertz CT molecular complexity index is 1630. The minimum Gasteiger partial charge on any atom is -0.506 e. The van der Waals surface area contributed by atoms with Crippen molar-refractivity contribution in [3.63, 3.8) is 0 Å². The average Bonchev–Trinajstić information content (AvgIpc) is 2.99. The van der Waals surface area contributed by atoms with Crippen LogP contribution in [0.1, 0.15) is 46.9 Å². The first-order valence-corrected chi connectivity index (χ1v) is 14.3. The Morgan fingerprint density at radius 2 is 1.70 bits per heavy atom. The molecule has 0 radical (unpaired) electrons. The molecule has 1 aromatic heterocycles. The van der Waals surface area contributed by atoms with Crippen LogP contribution in [0.15, 0.2) is 83.7 Å². The first-order valence-electron chi connectivity index (χ1n) is 14.3. The molecule has 1 aliphatic heterocycles. The van der Waals surface area contributed by atoms with Gasteiger partial charge in [0, 0.05) is 36.7 Å². The highest BCUT2D eigenvalue weighted by molar-refractivity contribution is 5.97. The number of aliphatic carboxylic acids is 1. The van der Waals surface area contributed by atoms with Gasteiger partial charge in [-0.05, 0) is 73.3 Å². The van der Waals surface area contributed by atoms with Crippen LogP contribution in [-0.4, -0.2) is 69.9 Å². The number of unbranched alkanes of at least 4 members (excludes halogenated alkanes) is 2. The number of aromatic amines is 1. The molecule has 0 saturated carbocycles. The molecule has 10 nitrogen and oxygen atoms in total. The number of hydrogen-bond acceptors (Lipinski definition) is 7.